The fraction of sp³-hybridized carbons (Fsp3) is 0.172. The normalized spacial score (nSPS) is 17.1. The molecule has 1 aromatic heterocycles. The molecule has 1 saturated heterocycles. The molecule has 1 amide bonds. The number of nitrogens with zero attached hydrogens (tertiary/aromatic N) is 1. The number of hydrogen-bond acceptors (Lipinski definition) is 5. The van der Waals surface area contributed by atoms with Gasteiger partial charge in [-0.25, -0.2) is 0 Å². The second-order valence-corrected chi connectivity index (χ2v) is 8.65. The van der Waals surface area contributed by atoms with Gasteiger partial charge in [0.25, 0.3) is 11.7 Å². The predicted octanol–water partition coefficient (Wildman–Crippen LogP) is 4.94. The second-order valence-electron chi connectivity index (χ2n) is 8.65. The van der Waals surface area contributed by atoms with Crippen LogP contribution in [0.15, 0.2) is 84.6 Å². The molecule has 7 nitrogen and oxygen atoms in total. The van der Waals surface area contributed by atoms with Crippen molar-refractivity contribution in [2.45, 2.75) is 19.4 Å². The lowest BCUT2D eigenvalue weighted by Crippen LogP contribution is -2.31. The minimum Gasteiger partial charge on any atom is -0.508 e. The van der Waals surface area contributed by atoms with E-state index in [0.29, 0.717) is 29.9 Å². The van der Waals surface area contributed by atoms with Gasteiger partial charge in [0.15, 0.2) is 0 Å². The quantitative estimate of drug-likeness (QED) is 0.197. The van der Waals surface area contributed by atoms with E-state index in [1.165, 1.54) is 17.0 Å². The van der Waals surface area contributed by atoms with Gasteiger partial charge in [-0.3, -0.25) is 9.59 Å². The summed E-state index contributed by atoms with van der Waals surface area (Å²) >= 11 is 0. The molecule has 7 heteroatoms. The molecule has 4 aromatic rings. The molecule has 0 radical (unpaired) electrons. The van der Waals surface area contributed by atoms with Gasteiger partial charge in [-0.15, -0.1) is 0 Å². The van der Waals surface area contributed by atoms with E-state index in [-0.39, 0.29) is 23.6 Å². The number of hydrogen-bond donors (Lipinski definition) is 3. The minimum absolute atomic E-state index is 0.00585. The van der Waals surface area contributed by atoms with Gasteiger partial charge in [-0.2, -0.15) is 0 Å². The van der Waals surface area contributed by atoms with E-state index in [1.807, 2.05) is 37.4 Å². The third kappa shape index (κ3) is 4.20. The van der Waals surface area contributed by atoms with Crippen molar-refractivity contribution < 1.29 is 24.5 Å². The third-order valence-electron chi connectivity index (χ3n) is 6.46. The van der Waals surface area contributed by atoms with Crippen LogP contribution in [0.3, 0.4) is 0 Å². The van der Waals surface area contributed by atoms with Crippen molar-refractivity contribution in [2.75, 3.05) is 13.2 Å². The monoisotopic (exact) mass is 482 g/mol. The van der Waals surface area contributed by atoms with Gasteiger partial charge in [0.2, 0.25) is 0 Å². The van der Waals surface area contributed by atoms with Gasteiger partial charge in [0, 0.05) is 29.2 Å². The van der Waals surface area contributed by atoms with Crippen LogP contribution in [-0.4, -0.2) is 44.9 Å². The van der Waals surface area contributed by atoms with Gasteiger partial charge in [-0.1, -0.05) is 30.3 Å². The maximum Gasteiger partial charge on any atom is 0.295 e. The lowest BCUT2D eigenvalue weighted by atomic mass is 9.95. The van der Waals surface area contributed by atoms with Gasteiger partial charge in [0.1, 0.15) is 17.3 Å². The Morgan fingerprint density at radius 1 is 1.03 bits per heavy atom. The summed E-state index contributed by atoms with van der Waals surface area (Å²) in [5.41, 5.74) is 2.95. The summed E-state index contributed by atoms with van der Waals surface area (Å²) in [5, 5.41) is 22.4. The number of Topliss-reactive ketones (excluding diaryl/α,β-unsaturated/α-hetero) is 1. The number of para-hydroxylation sites is 1. The topological polar surface area (TPSA) is 103 Å². The summed E-state index contributed by atoms with van der Waals surface area (Å²) in [6, 6.07) is 20.2. The highest BCUT2D eigenvalue weighted by molar-refractivity contribution is 6.46. The molecule has 1 aliphatic rings. The van der Waals surface area contributed by atoms with Crippen LogP contribution in [-0.2, 0) is 16.0 Å². The van der Waals surface area contributed by atoms with Crippen LogP contribution in [0.1, 0.15) is 29.7 Å². The zero-order valence-corrected chi connectivity index (χ0v) is 19.8. The Hall–Kier alpha value is -4.52. The number of carbonyl (C=O) groups is 2. The van der Waals surface area contributed by atoms with Crippen LogP contribution < -0.4 is 4.74 Å². The van der Waals surface area contributed by atoms with Crippen molar-refractivity contribution >= 4 is 28.4 Å². The van der Waals surface area contributed by atoms with Crippen molar-refractivity contribution in [2.24, 2.45) is 0 Å². The first-order valence-electron chi connectivity index (χ1n) is 11.8. The van der Waals surface area contributed by atoms with E-state index < -0.39 is 17.7 Å². The first kappa shape index (κ1) is 23.2. The number of fused-ring (bicyclic) bond motifs is 1. The number of aromatic nitrogens is 1. The Labute approximate surface area is 208 Å². The summed E-state index contributed by atoms with van der Waals surface area (Å²) in [6.45, 7) is 2.64. The molecule has 1 fully saturated rings. The number of amides is 1. The van der Waals surface area contributed by atoms with Crippen molar-refractivity contribution in [1.82, 2.24) is 9.88 Å². The summed E-state index contributed by atoms with van der Waals surface area (Å²) in [4.78, 5) is 31.2. The number of ketones is 1. The van der Waals surface area contributed by atoms with Crippen LogP contribution in [0.5, 0.6) is 11.5 Å². The van der Waals surface area contributed by atoms with Crippen LogP contribution in [0.4, 0.5) is 0 Å². The number of aromatic hydroxyl groups is 1. The van der Waals surface area contributed by atoms with E-state index >= 15 is 0 Å². The Bertz CT molecular complexity index is 1470. The Morgan fingerprint density at radius 3 is 2.56 bits per heavy atom. The van der Waals surface area contributed by atoms with E-state index in [4.69, 9.17) is 4.74 Å². The van der Waals surface area contributed by atoms with Crippen LogP contribution in [0.25, 0.3) is 16.7 Å². The second kappa shape index (κ2) is 9.62. The van der Waals surface area contributed by atoms with E-state index in [0.717, 1.165) is 16.5 Å². The average molecular weight is 483 g/mol. The molecule has 3 aromatic carbocycles. The number of aliphatic hydroxyl groups excluding tert-OH is 1. The Balaban J connectivity index is 1.54. The molecule has 36 heavy (non-hydrogen) atoms. The number of aromatic amines is 1. The first-order valence-corrected chi connectivity index (χ1v) is 11.8. The number of phenols is 1. The van der Waals surface area contributed by atoms with Crippen molar-refractivity contribution in [3.63, 3.8) is 0 Å². The molecule has 0 bridgehead atoms. The highest BCUT2D eigenvalue weighted by Crippen LogP contribution is 2.40. The molecule has 0 spiro atoms. The molecule has 2 heterocycles. The number of aliphatic hydroxyl groups is 1. The maximum atomic E-state index is 13.2. The molecule has 182 valence electrons. The van der Waals surface area contributed by atoms with E-state index in [9.17, 15) is 19.8 Å². The number of ether oxygens (including phenoxy) is 1. The number of nitrogens with one attached hydrogen (secondary N) is 1. The van der Waals surface area contributed by atoms with E-state index in [2.05, 4.69) is 4.98 Å². The van der Waals surface area contributed by atoms with Crippen LogP contribution in [0, 0.1) is 0 Å². The Kier molecular flexibility index (Phi) is 6.21. The molecule has 3 N–H and O–H groups in total. The summed E-state index contributed by atoms with van der Waals surface area (Å²) < 4.78 is 5.47. The highest BCUT2D eigenvalue weighted by Gasteiger charge is 2.46. The maximum absolute atomic E-state index is 13.2. The largest absolute Gasteiger partial charge is 0.508 e. The first-order chi connectivity index (χ1) is 17.5. The molecular weight excluding hydrogens is 456 g/mol. The van der Waals surface area contributed by atoms with Gasteiger partial charge >= 0.3 is 0 Å². The fourth-order valence-electron chi connectivity index (χ4n) is 4.76. The predicted molar refractivity (Wildman–Crippen MR) is 137 cm³/mol. The average Bonchev–Trinajstić information content (AvgIpc) is 3.41. The number of carbonyl (C=O) groups excluding carboxylic acids is 2. The molecule has 0 aliphatic carbocycles. The molecule has 1 atom stereocenters. The number of benzene rings is 3. The zero-order chi connectivity index (χ0) is 25.2. The highest BCUT2D eigenvalue weighted by atomic mass is 16.5. The Morgan fingerprint density at radius 2 is 1.81 bits per heavy atom. The molecular formula is C29H26N2O5. The number of rotatable bonds is 7. The van der Waals surface area contributed by atoms with Gasteiger partial charge < -0.3 is 24.8 Å². The summed E-state index contributed by atoms with van der Waals surface area (Å²) in [7, 11) is 0. The molecule has 0 unspecified atom stereocenters. The number of likely N-dealkylation sites (tertiary alicyclic amines) is 1. The third-order valence-corrected chi connectivity index (χ3v) is 6.46. The van der Waals surface area contributed by atoms with Crippen molar-refractivity contribution in [3.8, 4) is 11.5 Å². The zero-order valence-electron chi connectivity index (χ0n) is 19.8. The SMILES string of the molecule is CCOc1ccc(C(O)=C2C(=O)C(=O)N(CCc3c[nH]c4ccccc34)[C@@H]2c2cccc(O)c2)cc1. The summed E-state index contributed by atoms with van der Waals surface area (Å²) in [6.07, 6.45) is 2.42. The van der Waals surface area contributed by atoms with Gasteiger partial charge in [-0.05, 0) is 66.9 Å². The van der Waals surface area contributed by atoms with Crippen LogP contribution in [0.2, 0.25) is 0 Å². The standard InChI is InChI=1S/C29H26N2O5/c1-2-36-22-12-10-18(11-13-22)27(33)25-26(19-6-5-7-21(32)16-19)31(29(35)28(25)34)15-14-20-17-30-24-9-4-3-8-23(20)24/h3-13,16-17,26,30,32-33H,2,14-15H2,1H3/t26-/m1/s1. The minimum atomic E-state index is -0.839. The lowest BCUT2D eigenvalue weighted by molar-refractivity contribution is -0.139. The molecule has 5 rings (SSSR count). The van der Waals surface area contributed by atoms with Crippen LogP contribution >= 0.6 is 0 Å². The van der Waals surface area contributed by atoms with Gasteiger partial charge in [0.05, 0.1) is 18.2 Å². The fourth-order valence-corrected chi connectivity index (χ4v) is 4.76. The number of H-pyrrole nitrogens is 1. The molecule has 0 saturated carbocycles. The van der Waals surface area contributed by atoms with E-state index in [1.54, 1.807) is 36.4 Å². The number of phenolic OH excluding ortho intramolecular Hbond substituents is 1. The summed E-state index contributed by atoms with van der Waals surface area (Å²) in [5.74, 6) is -1.06. The molecule has 1 aliphatic heterocycles. The van der Waals surface area contributed by atoms with Crippen molar-refractivity contribution in [3.05, 3.63) is 101 Å². The van der Waals surface area contributed by atoms with Crippen molar-refractivity contribution in [1.29, 1.82) is 0 Å². The smallest absolute Gasteiger partial charge is 0.295 e. The lowest BCUT2D eigenvalue weighted by Gasteiger charge is -2.25.